The van der Waals surface area contributed by atoms with E-state index in [9.17, 15) is 0 Å². The molecule has 1 aromatic heterocycles. The van der Waals surface area contributed by atoms with Crippen LogP contribution in [0.1, 0.15) is 19.4 Å². The molecule has 20 heavy (non-hydrogen) atoms. The molecule has 108 valence electrons. The van der Waals surface area contributed by atoms with Crippen LogP contribution in [0.25, 0.3) is 5.69 Å². The van der Waals surface area contributed by atoms with Gasteiger partial charge >= 0.3 is 0 Å². The highest BCUT2D eigenvalue weighted by Crippen LogP contribution is 2.23. The highest BCUT2D eigenvalue weighted by Gasteiger charge is 2.11. The lowest BCUT2D eigenvalue weighted by Gasteiger charge is -2.17. The number of aromatic nitrogens is 2. The predicted octanol–water partition coefficient (Wildman–Crippen LogP) is 3.64. The topological polar surface area (TPSA) is 39.1 Å². The fraction of sp³-hybridized carbons (Fsp3) is 0.400. The van der Waals surface area contributed by atoms with Gasteiger partial charge in [0.1, 0.15) is 0 Å². The zero-order valence-electron chi connectivity index (χ0n) is 12.1. The first-order valence-electron chi connectivity index (χ1n) is 6.73. The number of nitrogens with zero attached hydrogens (tertiary/aromatic N) is 2. The van der Waals surface area contributed by atoms with Crippen LogP contribution < -0.4 is 5.32 Å². The molecule has 0 saturated heterocycles. The smallest absolute Gasteiger partial charge is 0.207 e. The number of hydrogen-bond donors (Lipinski definition) is 1. The van der Waals surface area contributed by atoms with Gasteiger partial charge in [-0.1, -0.05) is 22.9 Å². The summed E-state index contributed by atoms with van der Waals surface area (Å²) >= 11 is 3.52. The monoisotopic (exact) mass is 337 g/mol. The van der Waals surface area contributed by atoms with Crippen molar-refractivity contribution in [2.24, 2.45) is 0 Å². The first-order chi connectivity index (χ1) is 9.65. The van der Waals surface area contributed by atoms with Gasteiger partial charge in [-0.05, 0) is 37.1 Å². The van der Waals surface area contributed by atoms with Gasteiger partial charge in [0.15, 0.2) is 0 Å². The molecular formula is C15H20BrN3O. The molecule has 4 nitrogen and oxygen atoms in total. The van der Waals surface area contributed by atoms with Crippen LogP contribution >= 0.6 is 15.9 Å². The summed E-state index contributed by atoms with van der Waals surface area (Å²) in [6, 6.07) is 6.52. The molecule has 2 aromatic rings. The number of anilines is 1. The average Bonchev–Trinajstić information content (AvgIpc) is 2.86. The van der Waals surface area contributed by atoms with Gasteiger partial charge in [0, 0.05) is 30.0 Å². The molecule has 2 rings (SSSR count). The van der Waals surface area contributed by atoms with Gasteiger partial charge in [0.25, 0.3) is 0 Å². The molecule has 0 amide bonds. The van der Waals surface area contributed by atoms with Crippen molar-refractivity contribution >= 4 is 21.9 Å². The maximum Gasteiger partial charge on any atom is 0.207 e. The van der Waals surface area contributed by atoms with Gasteiger partial charge in [-0.25, -0.2) is 4.98 Å². The molecule has 1 N–H and O–H groups in total. The minimum absolute atomic E-state index is 0.210. The summed E-state index contributed by atoms with van der Waals surface area (Å²) in [4.78, 5) is 4.40. The van der Waals surface area contributed by atoms with Crippen LogP contribution in [0.2, 0.25) is 0 Å². The van der Waals surface area contributed by atoms with Crippen molar-refractivity contribution in [2.75, 3.05) is 19.0 Å². The largest absolute Gasteiger partial charge is 0.383 e. The second-order valence-electron chi connectivity index (χ2n) is 4.75. The van der Waals surface area contributed by atoms with E-state index < -0.39 is 0 Å². The second kappa shape index (κ2) is 6.90. The lowest BCUT2D eigenvalue weighted by molar-refractivity contribution is 0.190. The number of halogens is 1. The molecule has 0 fully saturated rings. The van der Waals surface area contributed by atoms with Crippen LogP contribution in [0.4, 0.5) is 5.95 Å². The molecule has 0 aliphatic carbocycles. The van der Waals surface area contributed by atoms with Crippen molar-refractivity contribution in [3.05, 3.63) is 40.6 Å². The first-order valence-corrected chi connectivity index (χ1v) is 7.52. The number of rotatable bonds is 6. The Labute approximate surface area is 128 Å². The number of hydrogen-bond acceptors (Lipinski definition) is 3. The fourth-order valence-electron chi connectivity index (χ4n) is 2.19. The third-order valence-electron chi connectivity index (χ3n) is 3.11. The predicted molar refractivity (Wildman–Crippen MR) is 85.6 cm³/mol. The van der Waals surface area contributed by atoms with Crippen molar-refractivity contribution in [1.82, 2.24) is 9.55 Å². The van der Waals surface area contributed by atoms with E-state index in [1.54, 1.807) is 7.11 Å². The summed E-state index contributed by atoms with van der Waals surface area (Å²) in [5, 5.41) is 3.37. The zero-order valence-corrected chi connectivity index (χ0v) is 13.6. The van der Waals surface area contributed by atoms with Crippen molar-refractivity contribution in [3.8, 4) is 5.69 Å². The highest BCUT2D eigenvalue weighted by molar-refractivity contribution is 9.10. The van der Waals surface area contributed by atoms with Crippen LogP contribution in [0.3, 0.4) is 0 Å². The van der Waals surface area contributed by atoms with Crippen molar-refractivity contribution in [2.45, 2.75) is 26.3 Å². The fourth-order valence-corrected chi connectivity index (χ4v) is 2.60. The van der Waals surface area contributed by atoms with Crippen LogP contribution in [0.5, 0.6) is 0 Å². The summed E-state index contributed by atoms with van der Waals surface area (Å²) in [6.45, 7) is 4.88. The standard InChI is InChI=1S/C15H20BrN3O/c1-4-12-9-13(16)5-6-14(12)19-8-7-17-15(19)18-11(2)10-20-3/h5-9,11H,4,10H2,1-3H3,(H,17,18). The molecule has 1 heterocycles. The summed E-state index contributed by atoms with van der Waals surface area (Å²) in [7, 11) is 1.70. The van der Waals surface area contributed by atoms with E-state index in [0.29, 0.717) is 6.61 Å². The van der Waals surface area contributed by atoms with Gasteiger partial charge in [-0.3, -0.25) is 4.57 Å². The van der Waals surface area contributed by atoms with Crippen LogP contribution in [0, 0.1) is 0 Å². The molecule has 1 aromatic carbocycles. The SMILES string of the molecule is CCc1cc(Br)ccc1-n1ccnc1NC(C)COC. The zero-order chi connectivity index (χ0) is 14.5. The van der Waals surface area contributed by atoms with Gasteiger partial charge in [-0.2, -0.15) is 0 Å². The molecule has 1 atom stereocenters. The summed E-state index contributed by atoms with van der Waals surface area (Å²) < 4.78 is 8.33. The van der Waals surface area contributed by atoms with Gasteiger partial charge in [-0.15, -0.1) is 0 Å². The third-order valence-corrected chi connectivity index (χ3v) is 3.61. The molecule has 5 heteroatoms. The van der Waals surface area contributed by atoms with Crippen molar-refractivity contribution < 1.29 is 4.74 Å². The van der Waals surface area contributed by atoms with Crippen LogP contribution in [-0.2, 0) is 11.2 Å². The normalized spacial score (nSPS) is 12.4. The van der Waals surface area contributed by atoms with E-state index in [0.717, 1.165) is 22.5 Å². The van der Waals surface area contributed by atoms with Crippen LogP contribution in [0.15, 0.2) is 35.1 Å². The maximum absolute atomic E-state index is 5.15. The van der Waals surface area contributed by atoms with E-state index in [4.69, 9.17) is 4.74 Å². The van der Waals surface area contributed by atoms with Gasteiger partial charge in [0.2, 0.25) is 5.95 Å². The van der Waals surface area contributed by atoms with Crippen molar-refractivity contribution in [3.63, 3.8) is 0 Å². The molecular weight excluding hydrogens is 318 g/mol. The quantitative estimate of drug-likeness (QED) is 0.874. The molecule has 0 aliphatic rings. The van der Waals surface area contributed by atoms with E-state index in [2.05, 4.69) is 62.8 Å². The Morgan fingerprint density at radius 2 is 2.25 bits per heavy atom. The number of imidazole rings is 1. The van der Waals surface area contributed by atoms with Gasteiger partial charge in [0.05, 0.1) is 12.3 Å². The molecule has 0 radical (unpaired) electrons. The summed E-state index contributed by atoms with van der Waals surface area (Å²) in [5.74, 6) is 0.839. The number of nitrogens with one attached hydrogen (secondary N) is 1. The van der Waals surface area contributed by atoms with Crippen molar-refractivity contribution in [1.29, 1.82) is 0 Å². The Balaban J connectivity index is 2.32. The molecule has 0 saturated carbocycles. The van der Waals surface area contributed by atoms with E-state index in [1.165, 1.54) is 5.56 Å². The molecule has 0 aliphatic heterocycles. The Morgan fingerprint density at radius 1 is 1.45 bits per heavy atom. The van der Waals surface area contributed by atoms with E-state index >= 15 is 0 Å². The number of ether oxygens (including phenoxy) is 1. The minimum atomic E-state index is 0.210. The maximum atomic E-state index is 5.15. The number of aryl methyl sites for hydroxylation is 1. The number of methoxy groups -OCH3 is 1. The van der Waals surface area contributed by atoms with E-state index in [1.807, 2.05) is 12.4 Å². The highest BCUT2D eigenvalue weighted by atomic mass is 79.9. The summed E-state index contributed by atoms with van der Waals surface area (Å²) in [6.07, 6.45) is 4.76. The number of benzene rings is 1. The van der Waals surface area contributed by atoms with Crippen LogP contribution in [-0.4, -0.2) is 29.3 Å². The minimum Gasteiger partial charge on any atom is -0.383 e. The first kappa shape index (κ1) is 15.1. The summed E-state index contributed by atoms with van der Waals surface area (Å²) in [5.41, 5.74) is 2.43. The third kappa shape index (κ3) is 3.41. The second-order valence-corrected chi connectivity index (χ2v) is 5.66. The molecule has 0 bridgehead atoms. The van der Waals surface area contributed by atoms with Gasteiger partial charge < -0.3 is 10.1 Å². The lowest BCUT2D eigenvalue weighted by Crippen LogP contribution is -2.23. The van der Waals surface area contributed by atoms with E-state index in [-0.39, 0.29) is 6.04 Å². The lowest BCUT2D eigenvalue weighted by atomic mass is 10.1. The Kier molecular flexibility index (Phi) is 5.20. The average molecular weight is 338 g/mol. The Morgan fingerprint density at radius 3 is 2.95 bits per heavy atom. The Hall–Kier alpha value is -1.33. The molecule has 0 spiro atoms. The molecule has 1 unspecified atom stereocenters. The Bertz CT molecular complexity index is 568.